The zero-order valence-electron chi connectivity index (χ0n) is 14.9. The number of nitrogens with zero attached hydrogens (tertiary/aromatic N) is 1. The molecule has 0 amide bonds. The van der Waals surface area contributed by atoms with E-state index < -0.39 is 0 Å². The first-order chi connectivity index (χ1) is 12.7. The minimum absolute atomic E-state index is 0.115. The largest absolute Gasteiger partial charge is 0.493 e. The number of thioether (sulfide) groups is 1. The summed E-state index contributed by atoms with van der Waals surface area (Å²) in [6.45, 7) is 4.66. The number of H-pyrrole nitrogens is 1. The number of nitrogens with one attached hydrogen (secondary N) is 1. The van der Waals surface area contributed by atoms with Gasteiger partial charge in [-0.05, 0) is 49.7 Å². The molecule has 26 heavy (non-hydrogen) atoms. The van der Waals surface area contributed by atoms with E-state index in [1.807, 2.05) is 49.4 Å². The average molecular weight is 370 g/mol. The van der Waals surface area contributed by atoms with E-state index in [0.29, 0.717) is 28.4 Å². The maximum absolute atomic E-state index is 12.0. The number of para-hydroxylation sites is 1. The SMILES string of the molecule is CC[C@@H](C)Oc1ccc(OCCSc2nc3ccccc3c(=O)[nH]2)cc1. The summed E-state index contributed by atoms with van der Waals surface area (Å²) < 4.78 is 11.5. The third-order valence-electron chi connectivity index (χ3n) is 3.92. The van der Waals surface area contributed by atoms with Crippen LogP contribution in [-0.4, -0.2) is 28.4 Å². The Balaban J connectivity index is 1.50. The molecule has 0 aliphatic carbocycles. The van der Waals surface area contributed by atoms with Gasteiger partial charge in [0.05, 0.1) is 23.6 Å². The number of benzene rings is 2. The Morgan fingerprint density at radius 3 is 2.62 bits per heavy atom. The molecule has 6 heteroatoms. The van der Waals surface area contributed by atoms with E-state index in [0.717, 1.165) is 17.9 Å². The molecular formula is C20H22N2O3S. The third-order valence-corrected chi connectivity index (χ3v) is 4.76. The van der Waals surface area contributed by atoms with Crippen molar-refractivity contribution >= 4 is 22.7 Å². The highest BCUT2D eigenvalue weighted by atomic mass is 32.2. The smallest absolute Gasteiger partial charge is 0.259 e. The lowest BCUT2D eigenvalue weighted by atomic mass is 10.2. The summed E-state index contributed by atoms with van der Waals surface area (Å²) >= 11 is 1.47. The Labute approximate surface area is 156 Å². The standard InChI is InChI=1S/C20H22N2O3S/c1-3-14(2)25-16-10-8-15(9-11-16)24-12-13-26-20-21-18-7-5-4-6-17(18)19(23)22-20/h4-11,14H,3,12-13H2,1-2H3,(H,21,22,23)/t14-/m1/s1. The molecule has 0 fully saturated rings. The number of aromatic nitrogens is 2. The van der Waals surface area contributed by atoms with Crippen molar-refractivity contribution in [1.82, 2.24) is 9.97 Å². The predicted octanol–water partition coefficient (Wildman–Crippen LogP) is 4.27. The van der Waals surface area contributed by atoms with E-state index in [4.69, 9.17) is 9.47 Å². The molecule has 1 heterocycles. The number of fused-ring (bicyclic) bond motifs is 1. The third kappa shape index (κ3) is 4.79. The lowest BCUT2D eigenvalue weighted by molar-refractivity contribution is 0.217. The molecule has 5 nitrogen and oxygen atoms in total. The van der Waals surface area contributed by atoms with E-state index >= 15 is 0 Å². The van der Waals surface area contributed by atoms with Crippen molar-refractivity contribution in [3.63, 3.8) is 0 Å². The van der Waals surface area contributed by atoms with E-state index in [1.165, 1.54) is 11.8 Å². The van der Waals surface area contributed by atoms with Crippen LogP contribution in [0.4, 0.5) is 0 Å². The zero-order chi connectivity index (χ0) is 18.4. The van der Waals surface area contributed by atoms with Gasteiger partial charge >= 0.3 is 0 Å². The average Bonchev–Trinajstić information content (AvgIpc) is 2.66. The van der Waals surface area contributed by atoms with Crippen LogP contribution in [-0.2, 0) is 0 Å². The molecule has 0 bridgehead atoms. The van der Waals surface area contributed by atoms with Crippen molar-refractivity contribution < 1.29 is 9.47 Å². The van der Waals surface area contributed by atoms with Crippen LogP contribution in [0.15, 0.2) is 58.5 Å². The molecule has 0 spiro atoms. The highest BCUT2D eigenvalue weighted by Crippen LogP contribution is 2.20. The highest BCUT2D eigenvalue weighted by molar-refractivity contribution is 7.99. The van der Waals surface area contributed by atoms with Gasteiger partial charge in [0.15, 0.2) is 5.16 Å². The van der Waals surface area contributed by atoms with Gasteiger partial charge in [0.2, 0.25) is 0 Å². The topological polar surface area (TPSA) is 64.2 Å². The van der Waals surface area contributed by atoms with Crippen molar-refractivity contribution in [1.29, 1.82) is 0 Å². The fourth-order valence-electron chi connectivity index (χ4n) is 2.36. The van der Waals surface area contributed by atoms with E-state index in [-0.39, 0.29) is 11.7 Å². The summed E-state index contributed by atoms with van der Waals surface area (Å²) in [6, 6.07) is 15.0. The summed E-state index contributed by atoms with van der Waals surface area (Å²) in [5.41, 5.74) is 0.590. The lowest BCUT2D eigenvalue weighted by Crippen LogP contribution is -2.10. The van der Waals surface area contributed by atoms with Gasteiger partial charge in [-0.2, -0.15) is 0 Å². The van der Waals surface area contributed by atoms with Crippen LogP contribution in [0.5, 0.6) is 11.5 Å². The number of hydrogen-bond acceptors (Lipinski definition) is 5. The van der Waals surface area contributed by atoms with Gasteiger partial charge in [0.25, 0.3) is 5.56 Å². The van der Waals surface area contributed by atoms with Crippen LogP contribution in [0.3, 0.4) is 0 Å². The second-order valence-corrected chi connectivity index (χ2v) is 6.98. The molecular weight excluding hydrogens is 348 g/mol. The van der Waals surface area contributed by atoms with Gasteiger partial charge in [0, 0.05) is 5.75 Å². The summed E-state index contributed by atoms with van der Waals surface area (Å²) in [5.74, 6) is 2.33. The first-order valence-electron chi connectivity index (χ1n) is 8.67. The molecule has 136 valence electrons. The monoisotopic (exact) mass is 370 g/mol. The summed E-state index contributed by atoms with van der Waals surface area (Å²) in [4.78, 5) is 19.3. The van der Waals surface area contributed by atoms with Crippen molar-refractivity contribution in [3.8, 4) is 11.5 Å². The molecule has 1 N–H and O–H groups in total. The van der Waals surface area contributed by atoms with Gasteiger partial charge in [-0.15, -0.1) is 0 Å². The summed E-state index contributed by atoms with van der Waals surface area (Å²) in [5, 5.41) is 1.21. The molecule has 0 radical (unpaired) electrons. The number of ether oxygens (including phenoxy) is 2. The van der Waals surface area contributed by atoms with Crippen molar-refractivity contribution in [2.75, 3.05) is 12.4 Å². The quantitative estimate of drug-likeness (QED) is 0.364. The van der Waals surface area contributed by atoms with Crippen LogP contribution in [0.2, 0.25) is 0 Å². The van der Waals surface area contributed by atoms with Gasteiger partial charge in [-0.3, -0.25) is 4.79 Å². The molecule has 3 rings (SSSR count). The van der Waals surface area contributed by atoms with Gasteiger partial charge in [-0.1, -0.05) is 30.8 Å². The van der Waals surface area contributed by atoms with Crippen LogP contribution < -0.4 is 15.0 Å². The lowest BCUT2D eigenvalue weighted by Gasteiger charge is -2.13. The molecule has 0 saturated heterocycles. The molecule has 0 aliphatic heterocycles. The zero-order valence-corrected chi connectivity index (χ0v) is 15.7. The molecule has 1 atom stereocenters. The Kier molecular flexibility index (Phi) is 6.17. The Hall–Kier alpha value is -2.47. The molecule has 0 unspecified atom stereocenters. The normalized spacial score (nSPS) is 12.1. The Bertz CT molecular complexity index is 909. The first-order valence-corrected chi connectivity index (χ1v) is 9.65. The minimum atomic E-state index is -0.115. The second kappa shape index (κ2) is 8.76. The molecule has 1 aromatic heterocycles. The molecule has 2 aromatic carbocycles. The number of hydrogen-bond donors (Lipinski definition) is 1. The van der Waals surface area contributed by atoms with Crippen molar-refractivity contribution in [2.45, 2.75) is 31.5 Å². The summed E-state index contributed by atoms with van der Waals surface area (Å²) in [7, 11) is 0. The van der Waals surface area contributed by atoms with E-state index in [9.17, 15) is 4.79 Å². The van der Waals surface area contributed by atoms with Crippen LogP contribution >= 0.6 is 11.8 Å². The first kappa shape index (κ1) is 18.3. The maximum Gasteiger partial charge on any atom is 0.259 e. The maximum atomic E-state index is 12.0. The van der Waals surface area contributed by atoms with Crippen LogP contribution in [0.25, 0.3) is 10.9 Å². The predicted molar refractivity (Wildman–Crippen MR) is 105 cm³/mol. The molecule has 0 saturated carbocycles. The van der Waals surface area contributed by atoms with Gasteiger partial charge in [0.1, 0.15) is 11.5 Å². The van der Waals surface area contributed by atoms with Crippen LogP contribution in [0.1, 0.15) is 20.3 Å². The fourth-order valence-corrected chi connectivity index (χ4v) is 3.05. The van der Waals surface area contributed by atoms with Crippen molar-refractivity contribution in [3.05, 3.63) is 58.9 Å². The number of rotatable bonds is 8. The van der Waals surface area contributed by atoms with E-state index in [1.54, 1.807) is 6.07 Å². The van der Waals surface area contributed by atoms with Crippen LogP contribution in [0, 0.1) is 0 Å². The Morgan fingerprint density at radius 1 is 1.12 bits per heavy atom. The fraction of sp³-hybridized carbons (Fsp3) is 0.300. The minimum Gasteiger partial charge on any atom is -0.493 e. The van der Waals surface area contributed by atoms with E-state index in [2.05, 4.69) is 16.9 Å². The summed E-state index contributed by atoms with van der Waals surface area (Å²) in [6.07, 6.45) is 1.18. The van der Waals surface area contributed by atoms with Crippen molar-refractivity contribution in [2.24, 2.45) is 0 Å². The number of aromatic amines is 1. The van der Waals surface area contributed by atoms with Gasteiger partial charge < -0.3 is 14.5 Å². The Morgan fingerprint density at radius 2 is 1.85 bits per heavy atom. The second-order valence-electron chi connectivity index (χ2n) is 5.89. The highest BCUT2D eigenvalue weighted by Gasteiger charge is 2.04. The molecule has 0 aliphatic rings. The molecule has 3 aromatic rings. The van der Waals surface area contributed by atoms with Gasteiger partial charge in [-0.25, -0.2) is 4.98 Å².